The van der Waals surface area contributed by atoms with Gasteiger partial charge in [-0.3, -0.25) is 19.0 Å². The van der Waals surface area contributed by atoms with E-state index in [-0.39, 0.29) is 54.8 Å². The number of alkyl halides is 3. The Morgan fingerprint density at radius 3 is 2.05 bits per heavy atom. The van der Waals surface area contributed by atoms with E-state index < -0.39 is 12.7 Å². The lowest BCUT2D eigenvalue weighted by Crippen LogP contribution is -2.49. The van der Waals surface area contributed by atoms with E-state index >= 15 is 0 Å². The Hall–Kier alpha value is -7.20. The number of carbonyl (C=O) groups excluding carboxylic acids is 2. The summed E-state index contributed by atoms with van der Waals surface area (Å²) < 4.78 is 48.7. The maximum atomic E-state index is 13.5. The molecular weight excluding hydrogens is 768 g/mol. The number of likely N-dealkylation sites (tertiary alicyclic amines) is 1. The van der Waals surface area contributed by atoms with Crippen LogP contribution in [0.3, 0.4) is 0 Å². The molecule has 1 aliphatic heterocycles. The zero-order valence-electron chi connectivity index (χ0n) is 32.2. The maximum Gasteiger partial charge on any atom is 0.408 e. The van der Waals surface area contributed by atoms with Gasteiger partial charge in [-0.1, -0.05) is 24.3 Å². The van der Waals surface area contributed by atoms with E-state index in [4.69, 9.17) is 10.00 Å². The van der Waals surface area contributed by atoms with Gasteiger partial charge in [-0.2, -0.15) is 28.6 Å². The average molecular weight is 806 g/mol. The van der Waals surface area contributed by atoms with Crippen molar-refractivity contribution in [2.24, 2.45) is 13.0 Å². The van der Waals surface area contributed by atoms with E-state index in [2.05, 4.69) is 52.2 Å². The highest BCUT2D eigenvalue weighted by Gasteiger charge is 2.32. The van der Waals surface area contributed by atoms with Crippen molar-refractivity contribution in [3.8, 4) is 28.6 Å². The number of nitrogens with one attached hydrogen (secondary N) is 3. The summed E-state index contributed by atoms with van der Waals surface area (Å²) in [6, 6.07) is 15.9. The number of hydrogen-bond acceptors (Lipinski definition) is 12. The highest BCUT2D eigenvalue weighted by molar-refractivity contribution is 5.95. The molecule has 59 heavy (non-hydrogen) atoms. The van der Waals surface area contributed by atoms with Gasteiger partial charge in [0.15, 0.2) is 0 Å². The standard InChI is InChI=1S/C40H38F3N13O3/c1-24-15-46-38(50-31-17-48-54(3)21-31)52-34(24)27-4-8-29(9-5-27)36(57)45-12-13-59-22-33-32(18-49-56(33)23-40(41,42)43)51-39-47-16-25(2)35(53-39)28-6-10-30(11-7-28)37(58)55-19-26(14-44)20-55/h4-11,15-18,21,26H,12-13,19-20,22-23H2,1-3H3,(H,45,57)(H,46,50,52)(H,47,51,53). The predicted octanol–water partition coefficient (Wildman–Crippen LogP) is 5.74. The molecule has 0 atom stereocenters. The zero-order valence-corrected chi connectivity index (χ0v) is 32.2. The lowest BCUT2D eigenvalue weighted by molar-refractivity contribution is -0.143. The fourth-order valence-corrected chi connectivity index (χ4v) is 6.26. The summed E-state index contributed by atoms with van der Waals surface area (Å²) in [5, 5.41) is 26.0. The molecule has 0 bridgehead atoms. The minimum absolute atomic E-state index is 0.00630. The van der Waals surface area contributed by atoms with Gasteiger partial charge in [0.25, 0.3) is 11.8 Å². The van der Waals surface area contributed by atoms with Gasteiger partial charge in [-0.05, 0) is 49.2 Å². The van der Waals surface area contributed by atoms with E-state index in [1.54, 1.807) is 89.9 Å². The van der Waals surface area contributed by atoms with E-state index in [0.29, 0.717) is 47.1 Å². The Balaban J connectivity index is 0.956. The van der Waals surface area contributed by atoms with Gasteiger partial charge < -0.3 is 25.6 Å². The Kier molecular flexibility index (Phi) is 11.6. The smallest absolute Gasteiger partial charge is 0.373 e. The van der Waals surface area contributed by atoms with Crippen molar-refractivity contribution in [1.29, 1.82) is 5.26 Å². The first-order valence-electron chi connectivity index (χ1n) is 18.4. The van der Waals surface area contributed by atoms with E-state index in [1.165, 1.54) is 6.20 Å². The molecule has 0 spiro atoms. The summed E-state index contributed by atoms with van der Waals surface area (Å²) in [4.78, 5) is 45.2. The molecule has 1 saturated heterocycles. The molecule has 3 N–H and O–H groups in total. The summed E-state index contributed by atoms with van der Waals surface area (Å²) in [7, 11) is 1.81. The minimum atomic E-state index is -4.55. The molecule has 2 amide bonds. The van der Waals surface area contributed by atoms with Gasteiger partial charge in [-0.25, -0.2) is 19.9 Å². The number of aromatic nitrogens is 8. The molecule has 0 unspecified atom stereocenters. The molecule has 0 aliphatic carbocycles. The Labute approximate surface area is 336 Å². The molecule has 1 fully saturated rings. The summed E-state index contributed by atoms with van der Waals surface area (Å²) >= 11 is 0. The SMILES string of the molecule is Cc1cnc(Nc2cnn(C)c2)nc1-c1ccc(C(=O)NCCOCc2c(Nc3ncc(C)c(-c4ccc(C(=O)N5CC(C#N)C5)cc4)n3)cnn2CC(F)(F)F)cc1. The van der Waals surface area contributed by atoms with Crippen LogP contribution in [0.25, 0.3) is 22.5 Å². The number of nitrogens with zero attached hydrogens (tertiary/aromatic N) is 10. The normalized spacial score (nSPS) is 12.8. The molecule has 0 radical (unpaired) electrons. The number of rotatable bonds is 14. The average Bonchev–Trinajstić information content (AvgIpc) is 3.78. The molecule has 0 saturated carbocycles. The predicted molar refractivity (Wildman–Crippen MR) is 209 cm³/mol. The third-order valence-electron chi connectivity index (χ3n) is 9.38. The summed E-state index contributed by atoms with van der Waals surface area (Å²) in [5.74, 6) is -0.166. The van der Waals surface area contributed by atoms with Crippen LogP contribution in [0.15, 0.2) is 79.5 Å². The topological polar surface area (TPSA) is 194 Å². The molecule has 16 nitrogen and oxygen atoms in total. The van der Waals surface area contributed by atoms with Crippen LogP contribution in [0, 0.1) is 31.1 Å². The molecule has 7 rings (SSSR count). The highest BCUT2D eigenvalue weighted by Crippen LogP contribution is 2.28. The van der Waals surface area contributed by atoms with Crippen LogP contribution in [0.5, 0.6) is 0 Å². The molecule has 6 aromatic rings. The van der Waals surface area contributed by atoms with Crippen molar-refractivity contribution in [1.82, 2.24) is 49.7 Å². The first-order chi connectivity index (χ1) is 28.3. The van der Waals surface area contributed by atoms with Crippen LogP contribution >= 0.6 is 0 Å². The number of hydrogen-bond donors (Lipinski definition) is 3. The Bertz CT molecular complexity index is 2510. The van der Waals surface area contributed by atoms with Crippen LogP contribution in [0.4, 0.5) is 36.4 Å². The summed E-state index contributed by atoms with van der Waals surface area (Å²) in [6.45, 7) is 2.96. The zero-order chi connectivity index (χ0) is 41.7. The second-order valence-corrected chi connectivity index (χ2v) is 13.9. The first kappa shape index (κ1) is 40.0. The Morgan fingerprint density at radius 2 is 1.47 bits per heavy atom. The number of anilines is 4. The first-order valence-corrected chi connectivity index (χ1v) is 18.4. The van der Waals surface area contributed by atoms with Crippen LogP contribution in [-0.4, -0.2) is 88.6 Å². The molecule has 5 heterocycles. The van der Waals surface area contributed by atoms with Crippen LogP contribution in [0.1, 0.15) is 37.5 Å². The van der Waals surface area contributed by atoms with Crippen molar-refractivity contribution in [2.75, 3.05) is 36.9 Å². The van der Waals surface area contributed by atoms with Gasteiger partial charge in [0.05, 0.1) is 66.1 Å². The lowest BCUT2D eigenvalue weighted by Gasteiger charge is -2.35. The van der Waals surface area contributed by atoms with Crippen molar-refractivity contribution >= 4 is 35.1 Å². The minimum Gasteiger partial charge on any atom is -0.373 e. The Morgan fingerprint density at radius 1 is 0.864 bits per heavy atom. The third-order valence-corrected chi connectivity index (χ3v) is 9.38. The van der Waals surface area contributed by atoms with E-state index in [0.717, 1.165) is 27.1 Å². The second kappa shape index (κ2) is 17.1. The molecule has 4 aromatic heterocycles. The number of aryl methyl sites for hydroxylation is 3. The van der Waals surface area contributed by atoms with Gasteiger partial charge in [-0.15, -0.1) is 0 Å². The number of amides is 2. The van der Waals surface area contributed by atoms with Gasteiger partial charge in [0.2, 0.25) is 11.9 Å². The molecular formula is C40H38F3N13O3. The summed E-state index contributed by atoms with van der Waals surface area (Å²) in [5.41, 5.74) is 6.22. The van der Waals surface area contributed by atoms with E-state index in [1.807, 2.05) is 13.8 Å². The number of benzene rings is 2. The van der Waals surface area contributed by atoms with Crippen LogP contribution in [-0.2, 0) is 24.9 Å². The van der Waals surface area contributed by atoms with E-state index in [9.17, 15) is 22.8 Å². The monoisotopic (exact) mass is 805 g/mol. The number of carbonyl (C=O) groups is 2. The quantitative estimate of drug-likeness (QED) is 0.113. The maximum absolute atomic E-state index is 13.5. The van der Waals surface area contributed by atoms with Gasteiger partial charge in [0, 0.05) is 67.5 Å². The van der Waals surface area contributed by atoms with Crippen LogP contribution < -0.4 is 16.0 Å². The number of ether oxygens (including phenoxy) is 1. The lowest BCUT2D eigenvalue weighted by atomic mass is 10.00. The van der Waals surface area contributed by atoms with Crippen molar-refractivity contribution < 1.29 is 27.5 Å². The van der Waals surface area contributed by atoms with Crippen molar-refractivity contribution in [2.45, 2.75) is 33.2 Å². The highest BCUT2D eigenvalue weighted by atomic mass is 19.4. The second-order valence-electron chi connectivity index (χ2n) is 13.9. The molecule has 2 aromatic carbocycles. The van der Waals surface area contributed by atoms with Gasteiger partial charge >= 0.3 is 6.18 Å². The third kappa shape index (κ3) is 9.68. The van der Waals surface area contributed by atoms with Crippen LogP contribution in [0.2, 0.25) is 0 Å². The molecule has 302 valence electrons. The molecule has 19 heteroatoms. The fourth-order valence-electron chi connectivity index (χ4n) is 6.26. The fraction of sp³-hybridized carbons (Fsp3) is 0.275. The largest absolute Gasteiger partial charge is 0.408 e. The van der Waals surface area contributed by atoms with Crippen molar-refractivity contribution in [3.63, 3.8) is 0 Å². The van der Waals surface area contributed by atoms with Crippen molar-refractivity contribution in [3.05, 3.63) is 107 Å². The number of halogens is 3. The summed E-state index contributed by atoms with van der Waals surface area (Å²) in [6.07, 6.45) is 3.43. The number of nitriles is 1. The van der Waals surface area contributed by atoms with Gasteiger partial charge in [0.1, 0.15) is 6.54 Å². The molecule has 1 aliphatic rings.